The van der Waals surface area contributed by atoms with Gasteiger partial charge in [0.25, 0.3) is 0 Å². The molecule has 0 aliphatic rings. The van der Waals surface area contributed by atoms with Crippen LogP contribution in [-0.4, -0.2) is 19.3 Å². The minimum atomic E-state index is -0.730. The molecular weight excluding hydrogens is 174 g/mol. The Hall–Kier alpha value is -0.505. The molecule has 0 saturated heterocycles. The van der Waals surface area contributed by atoms with E-state index in [0.717, 1.165) is 5.56 Å². The van der Waals surface area contributed by atoms with E-state index in [2.05, 4.69) is 0 Å². The maximum absolute atomic E-state index is 9.13. The number of hydrogen-bond donors (Lipinski definition) is 1. The third-order valence-electron chi connectivity index (χ3n) is 1.60. The second-order valence-corrected chi connectivity index (χ2v) is 2.96. The van der Waals surface area contributed by atoms with Crippen LogP contribution in [-0.2, 0) is 11.0 Å². The molecule has 12 heavy (non-hydrogen) atoms. The first kappa shape index (κ1) is 9.58. The van der Waals surface area contributed by atoms with Gasteiger partial charge in [-0.2, -0.15) is 0 Å². The third kappa shape index (κ3) is 2.85. The van der Waals surface area contributed by atoms with Gasteiger partial charge in [0.05, 0.1) is 0 Å². The SMILES string of the molecule is COB(O)Cc1ccc(Cl)cc1. The van der Waals surface area contributed by atoms with E-state index in [1.54, 1.807) is 12.1 Å². The van der Waals surface area contributed by atoms with Gasteiger partial charge in [-0.15, -0.1) is 0 Å². The summed E-state index contributed by atoms with van der Waals surface area (Å²) in [5, 5.41) is 9.83. The zero-order valence-corrected chi connectivity index (χ0v) is 7.58. The quantitative estimate of drug-likeness (QED) is 0.722. The van der Waals surface area contributed by atoms with Crippen LogP contribution in [0.5, 0.6) is 0 Å². The smallest absolute Gasteiger partial charge is 0.427 e. The molecule has 0 heterocycles. The Labute approximate surface area is 77.3 Å². The average Bonchev–Trinajstić information content (AvgIpc) is 2.09. The van der Waals surface area contributed by atoms with E-state index in [1.165, 1.54) is 7.11 Å². The largest absolute Gasteiger partial charge is 0.458 e. The monoisotopic (exact) mass is 184 g/mol. The van der Waals surface area contributed by atoms with Crippen molar-refractivity contribution in [2.24, 2.45) is 0 Å². The molecule has 0 unspecified atom stereocenters. The molecule has 0 aromatic heterocycles. The van der Waals surface area contributed by atoms with Crippen LogP contribution in [0.1, 0.15) is 5.56 Å². The van der Waals surface area contributed by atoms with Crippen LogP contribution in [0.15, 0.2) is 24.3 Å². The Morgan fingerprint density at radius 3 is 2.50 bits per heavy atom. The Bertz CT molecular complexity index is 237. The Morgan fingerprint density at radius 1 is 1.42 bits per heavy atom. The molecule has 1 rings (SSSR count). The van der Waals surface area contributed by atoms with Gasteiger partial charge in [0.15, 0.2) is 0 Å². The van der Waals surface area contributed by atoms with Crippen molar-refractivity contribution in [2.45, 2.75) is 6.32 Å². The second-order valence-electron chi connectivity index (χ2n) is 2.52. The summed E-state index contributed by atoms with van der Waals surface area (Å²) >= 11 is 5.69. The molecule has 0 saturated carbocycles. The summed E-state index contributed by atoms with van der Waals surface area (Å²) in [4.78, 5) is 0. The zero-order valence-electron chi connectivity index (χ0n) is 6.83. The first-order chi connectivity index (χ1) is 5.72. The topological polar surface area (TPSA) is 29.5 Å². The van der Waals surface area contributed by atoms with Crippen LogP contribution in [0.3, 0.4) is 0 Å². The molecule has 0 spiro atoms. The summed E-state index contributed by atoms with van der Waals surface area (Å²) in [6.45, 7) is 0. The van der Waals surface area contributed by atoms with Gasteiger partial charge in [-0.05, 0) is 17.7 Å². The predicted molar refractivity (Wildman–Crippen MR) is 50.1 cm³/mol. The lowest BCUT2D eigenvalue weighted by atomic mass is 9.81. The fraction of sp³-hybridized carbons (Fsp3) is 0.250. The highest BCUT2D eigenvalue weighted by Crippen LogP contribution is 2.10. The molecule has 1 N–H and O–H groups in total. The first-order valence-electron chi connectivity index (χ1n) is 3.67. The molecule has 1 aromatic rings. The lowest BCUT2D eigenvalue weighted by Gasteiger charge is -2.02. The van der Waals surface area contributed by atoms with Crippen molar-refractivity contribution in [3.63, 3.8) is 0 Å². The van der Waals surface area contributed by atoms with Gasteiger partial charge < -0.3 is 9.68 Å². The van der Waals surface area contributed by atoms with Gasteiger partial charge in [-0.25, -0.2) is 0 Å². The van der Waals surface area contributed by atoms with E-state index in [4.69, 9.17) is 21.3 Å². The standard InChI is InChI=1S/C8H10BClO2/c1-12-9(11)6-7-2-4-8(10)5-3-7/h2-5,11H,6H2,1H3. The van der Waals surface area contributed by atoms with Crippen LogP contribution in [0.4, 0.5) is 0 Å². The van der Waals surface area contributed by atoms with Gasteiger partial charge >= 0.3 is 7.12 Å². The van der Waals surface area contributed by atoms with E-state index in [9.17, 15) is 0 Å². The molecule has 0 fully saturated rings. The molecule has 4 heteroatoms. The van der Waals surface area contributed by atoms with Gasteiger partial charge in [-0.1, -0.05) is 23.7 Å². The summed E-state index contributed by atoms with van der Waals surface area (Å²) in [7, 11) is 0.742. The van der Waals surface area contributed by atoms with Crippen molar-refractivity contribution >= 4 is 18.7 Å². The highest BCUT2D eigenvalue weighted by molar-refractivity contribution is 6.42. The molecule has 0 radical (unpaired) electrons. The van der Waals surface area contributed by atoms with Crippen molar-refractivity contribution < 1.29 is 9.68 Å². The van der Waals surface area contributed by atoms with Crippen molar-refractivity contribution in [3.8, 4) is 0 Å². The van der Waals surface area contributed by atoms with E-state index >= 15 is 0 Å². The Kier molecular flexibility index (Phi) is 3.60. The van der Waals surface area contributed by atoms with E-state index in [0.29, 0.717) is 11.3 Å². The summed E-state index contributed by atoms with van der Waals surface area (Å²) in [5.74, 6) is 0. The van der Waals surface area contributed by atoms with Crippen LogP contribution in [0.2, 0.25) is 5.02 Å². The summed E-state index contributed by atoms with van der Waals surface area (Å²) in [6, 6.07) is 7.31. The fourth-order valence-electron chi connectivity index (χ4n) is 0.905. The van der Waals surface area contributed by atoms with Crippen LogP contribution in [0, 0.1) is 0 Å². The maximum Gasteiger partial charge on any atom is 0.458 e. The highest BCUT2D eigenvalue weighted by atomic mass is 35.5. The average molecular weight is 184 g/mol. The Morgan fingerprint density at radius 2 is 2.00 bits per heavy atom. The highest BCUT2D eigenvalue weighted by Gasteiger charge is 2.10. The molecule has 0 bridgehead atoms. The summed E-state index contributed by atoms with van der Waals surface area (Å²) < 4.78 is 4.71. The molecule has 2 nitrogen and oxygen atoms in total. The van der Waals surface area contributed by atoms with E-state index in [-0.39, 0.29) is 0 Å². The zero-order chi connectivity index (χ0) is 8.97. The molecular formula is C8H10BClO2. The fourth-order valence-corrected chi connectivity index (χ4v) is 1.03. The van der Waals surface area contributed by atoms with Crippen molar-refractivity contribution in [1.82, 2.24) is 0 Å². The van der Waals surface area contributed by atoms with Crippen LogP contribution in [0.25, 0.3) is 0 Å². The number of benzene rings is 1. The van der Waals surface area contributed by atoms with Gasteiger partial charge in [0, 0.05) is 18.5 Å². The summed E-state index contributed by atoms with van der Waals surface area (Å²) in [5.41, 5.74) is 1.01. The lowest BCUT2D eigenvalue weighted by Crippen LogP contribution is -2.18. The number of hydrogen-bond acceptors (Lipinski definition) is 2. The Balaban J connectivity index is 2.58. The van der Waals surface area contributed by atoms with Gasteiger partial charge in [0.2, 0.25) is 0 Å². The molecule has 0 atom stereocenters. The molecule has 0 aliphatic carbocycles. The number of rotatable bonds is 3. The maximum atomic E-state index is 9.13. The predicted octanol–water partition coefficient (Wildman–Crippen LogP) is 1.55. The van der Waals surface area contributed by atoms with Crippen LogP contribution < -0.4 is 0 Å². The first-order valence-corrected chi connectivity index (χ1v) is 4.05. The van der Waals surface area contributed by atoms with Crippen molar-refractivity contribution in [1.29, 1.82) is 0 Å². The lowest BCUT2D eigenvalue weighted by molar-refractivity contribution is 0.325. The second kappa shape index (κ2) is 4.50. The van der Waals surface area contributed by atoms with Crippen LogP contribution >= 0.6 is 11.6 Å². The third-order valence-corrected chi connectivity index (χ3v) is 1.85. The molecule has 0 aliphatic heterocycles. The van der Waals surface area contributed by atoms with Gasteiger partial charge in [-0.3, -0.25) is 0 Å². The minimum absolute atomic E-state index is 0.494. The molecule has 1 aromatic carbocycles. The number of halogens is 1. The van der Waals surface area contributed by atoms with E-state index in [1.807, 2.05) is 12.1 Å². The normalized spacial score (nSPS) is 9.92. The summed E-state index contributed by atoms with van der Waals surface area (Å²) in [6.07, 6.45) is 0.494. The molecule has 64 valence electrons. The van der Waals surface area contributed by atoms with E-state index < -0.39 is 7.12 Å². The van der Waals surface area contributed by atoms with Crippen molar-refractivity contribution in [3.05, 3.63) is 34.9 Å². The molecule has 0 amide bonds. The van der Waals surface area contributed by atoms with Gasteiger partial charge in [0.1, 0.15) is 0 Å². The van der Waals surface area contributed by atoms with Crippen molar-refractivity contribution in [2.75, 3.05) is 7.11 Å². The minimum Gasteiger partial charge on any atom is -0.427 e.